The average Bonchev–Trinajstić information content (AvgIpc) is 2.91. The van der Waals surface area contributed by atoms with Crippen molar-refractivity contribution in [1.29, 1.82) is 0 Å². The average molecular weight is 422 g/mol. The Morgan fingerprint density at radius 2 is 1.91 bits per heavy atom. The molecule has 1 aromatic heterocycles. The van der Waals surface area contributed by atoms with Gasteiger partial charge in [0.05, 0.1) is 11.0 Å². The Morgan fingerprint density at radius 3 is 2.59 bits per heavy atom. The Kier molecular flexibility index (Phi) is 4.49. The van der Waals surface area contributed by atoms with Crippen molar-refractivity contribution in [2.24, 2.45) is 0 Å². The largest absolute Gasteiger partial charge is 0.477 e. The molecular weight excluding hydrogens is 411 g/mol. The van der Waals surface area contributed by atoms with Gasteiger partial charge < -0.3 is 10.1 Å². The zero-order chi connectivity index (χ0) is 15.5. The van der Waals surface area contributed by atoms with Crippen LogP contribution in [0.15, 0.2) is 58.6 Å². The monoisotopic (exact) mass is 422 g/mol. The summed E-state index contributed by atoms with van der Waals surface area (Å²) < 4.78 is 1.11. The third-order valence-electron chi connectivity index (χ3n) is 2.95. The van der Waals surface area contributed by atoms with Crippen molar-refractivity contribution in [1.82, 2.24) is 9.97 Å². The van der Waals surface area contributed by atoms with Gasteiger partial charge >= 0.3 is 5.97 Å². The fourth-order valence-electron chi connectivity index (χ4n) is 1.93. The number of imidazole rings is 1. The van der Waals surface area contributed by atoms with Crippen LogP contribution < -0.4 is 0 Å². The van der Waals surface area contributed by atoms with Crippen LogP contribution >= 0.6 is 34.4 Å². The van der Waals surface area contributed by atoms with Crippen molar-refractivity contribution in [3.8, 4) is 0 Å². The van der Waals surface area contributed by atoms with Crippen molar-refractivity contribution in [3.63, 3.8) is 0 Å². The van der Waals surface area contributed by atoms with Crippen LogP contribution in [-0.2, 0) is 4.79 Å². The number of carboxylic acids is 1. The number of carbonyl (C=O) groups is 1. The number of nitrogens with one attached hydrogen (secondary N) is 1. The predicted octanol–water partition coefficient (Wildman–Crippen LogP) is 4.39. The zero-order valence-electron chi connectivity index (χ0n) is 11.3. The highest BCUT2D eigenvalue weighted by molar-refractivity contribution is 14.1. The molecule has 0 amide bonds. The Hall–Kier alpha value is -1.80. The molecule has 0 saturated carbocycles. The predicted molar refractivity (Wildman–Crippen MR) is 96.7 cm³/mol. The lowest BCUT2D eigenvalue weighted by Gasteiger charge is -2.00. The van der Waals surface area contributed by atoms with E-state index in [-0.39, 0.29) is 4.91 Å². The Labute approximate surface area is 144 Å². The second-order valence-corrected chi connectivity index (χ2v) is 6.80. The Balaban J connectivity index is 1.91. The number of H-pyrrole nitrogens is 1. The van der Waals surface area contributed by atoms with E-state index in [2.05, 4.69) is 32.6 Å². The number of para-hydroxylation sites is 2. The summed E-state index contributed by atoms with van der Waals surface area (Å²) in [6, 6.07) is 15.3. The summed E-state index contributed by atoms with van der Waals surface area (Å²) >= 11 is 3.33. The second-order valence-electron chi connectivity index (χ2n) is 4.53. The number of aliphatic carboxylic acids is 1. The number of hydrogen-bond acceptors (Lipinski definition) is 3. The van der Waals surface area contributed by atoms with E-state index in [9.17, 15) is 9.90 Å². The first-order chi connectivity index (χ1) is 10.6. The summed E-state index contributed by atoms with van der Waals surface area (Å²) in [4.78, 5) is 19.2. The number of hydrogen-bond donors (Lipinski definition) is 2. The van der Waals surface area contributed by atoms with Crippen molar-refractivity contribution in [2.75, 3.05) is 0 Å². The van der Waals surface area contributed by atoms with E-state index in [0.29, 0.717) is 5.16 Å². The van der Waals surface area contributed by atoms with E-state index < -0.39 is 5.97 Å². The lowest BCUT2D eigenvalue weighted by Crippen LogP contribution is -1.97. The van der Waals surface area contributed by atoms with Gasteiger partial charge in [-0.25, -0.2) is 9.78 Å². The molecule has 1 heterocycles. The first kappa shape index (κ1) is 15.1. The molecule has 110 valence electrons. The standard InChI is InChI=1S/C16H11IN2O2S/c17-11-7-5-10(6-8-11)9-14(15(20)21)22-16-18-12-3-1-2-4-13(12)19-16/h1-9H,(H,18,19)(H,20,21)/b14-9-. The van der Waals surface area contributed by atoms with Crippen molar-refractivity contribution >= 4 is 57.4 Å². The van der Waals surface area contributed by atoms with Crippen molar-refractivity contribution in [3.05, 3.63) is 62.6 Å². The molecule has 4 nitrogen and oxygen atoms in total. The minimum atomic E-state index is -0.969. The molecule has 0 unspecified atom stereocenters. The number of fused-ring (bicyclic) bond motifs is 1. The number of benzene rings is 2. The van der Waals surface area contributed by atoms with Gasteiger partial charge in [-0.15, -0.1) is 0 Å². The van der Waals surface area contributed by atoms with Gasteiger partial charge in [0.1, 0.15) is 4.91 Å². The van der Waals surface area contributed by atoms with Gasteiger partial charge in [0, 0.05) is 3.57 Å². The zero-order valence-corrected chi connectivity index (χ0v) is 14.3. The summed E-state index contributed by atoms with van der Waals surface area (Å²) in [6.07, 6.45) is 1.65. The molecule has 0 aliphatic heterocycles. The SMILES string of the molecule is O=C(O)/C(=C/c1ccc(I)cc1)Sc1nc2ccccc2[nH]1. The van der Waals surface area contributed by atoms with E-state index in [0.717, 1.165) is 31.9 Å². The van der Waals surface area contributed by atoms with Gasteiger partial charge in [0.15, 0.2) is 5.16 Å². The molecule has 0 aliphatic rings. The molecule has 0 radical (unpaired) electrons. The summed E-state index contributed by atoms with van der Waals surface area (Å²) in [5, 5.41) is 9.96. The van der Waals surface area contributed by atoms with Gasteiger partial charge in [0.2, 0.25) is 0 Å². The van der Waals surface area contributed by atoms with Crippen molar-refractivity contribution < 1.29 is 9.90 Å². The van der Waals surface area contributed by atoms with Crippen LogP contribution in [0, 0.1) is 3.57 Å². The Morgan fingerprint density at radius 1 is 1.18 bits per heavy atom. The maximum atomic E-state index is 11.5. The lowest BCUT2D eigenvalue weighted by atomic mass is 10.2. The van der Waals surface area contributed by atoms with Gasteiger partial charge in [-0.2, -0.15) is 0 Å². The molecule has 0 atom stereocenters. The minimum absolute atomic E-state index is 0.222. The molecule has 3 rings (SSSR count). The molecule has 3 aromatic rings. The number of nitrogens with zero attached hydrogens (tertiary/aromatic N) is 1. The molecule has 0 spiro atoms. The van der Waals surface area contributed by atoms with Crippen LogP contribution in [0.3, 0.4) is 0 Å². The van der Waals surface area contributed by atoms with Crippen molar-refractivity contribution in [2.45, 2.75) is 5.16 Å². The number of aromatic amines is 1. The third kappa shape index (κ3) is 3.50. The number of aromatic nitrogens is 2. The molecule has 2 aromatic carbocycles. The van der Waals surface area contributed by atoms with Gasteiger partial charge in [-0.1, -0.05) is 24.3 Å². The van der Waals surface area contributed by atoms with Crippen LogP contribution in [0.25, 0.3) is 17.1 Å². The molecular formula is C16H11IN2O2S. The maximum absolute atomic E-state index is 11.5. The van der Waals surface area contributed by atoms with Gasteiger partial charge in [-0.3, -0.25) is 0 Å². The first-order valence-electron chi connectivity index (χ1n) is 6.45. The summed E-state index contributed by atoms with van der Waals surface area (Å²) in [5.41, 5.74) is 2.56. The highest BCUT2D eigenvalue weighted by atomic mass is 127. The molecule has 0 fully saturated rings. The minimum Gasteiger partial charge on any atom is -0.477 e. The van der Waals surface area contributed by atoms with Crippen LogP contribution in [0.2, 0.25) is 0 Å². The van der Waals surface area contributed by atoms with Crippen LogP contribution in [-0.4, -0.2) is 21.0 Å². The summed E-state index contributed by atoms with van der Waals surface area (Å²) in [7, 11) is 0. The van der Waals surface area contributed by atoms with Crippen LogP contribution in [0.4, 0.5) is 0 Å². The fraction of sp³-hybridized carbons (Fsp3) is 0. The van der Waals surface area contributed by atoms with E-state index in [1.807, 2.05) is 48.5 Å². The number of halogens is 1. The first-order valence-corrected chi connectivity index (χ1v) is 8.34. The molecule has 22 heavy (non-hydrogen) atoms. The smallest absolute Gasteiger partial charge is 0.342 e. The highest BCUT2D eigenvalue weighted by Gasteiger charge is 2.12. The van der Waals surface area contributed by atoms with Crippen LogP contribution in [0.1, 0.15) is 5.56 Å². The number of thioether (sulfide) groups is 1. The van der Waals surface area contributed by atoms with E-state index in [1.165, 1.54) is 0 Å². The molecule has 0 saturated heterocycles. The van der Waals surface area contributed by atoms with E-state index in [4.69, 9.17) is 0 Å². The maximum Gasteiger partial charge on any atom is 0.342 e. The van der Waals surface area contributed by atoms with E-state index in [1.54, 1.807) is 6.08 Å². The normalized spacial score (nSPS) is 11.8. The summed E-state index contributed by atoms with van der Waals surface area (Å²) in [6.45, 7) is 0. The number of carboxylic acid groups (broad SMARTS) is 1. The summed E-state index contributed by atoms with van der Waals surface area (Å²) in [5.74, 6) is -0.969. The van der Waals surface area contributed by atoms with Crippen LogP contribution in [0.5, 0.6) is 0 Å². The second kappa shape index (κ2) is 6.53. The van der Waals surface area contributed by atoms with E-state index >= 15 is 0 Å². The number of rotatable bonds is 4. The Bertz CT molecular complexity index is 823. The highest BCUT2D eigenvalue weighted by Crippen LogP contribution is 2.28. The molecule has 0 aliphatic carbocycles. The topological polar surface area (TPSA) is 66.0 Å². The van der Waals surface area contributed by atoms with Gasteiger partial charge in [0.25, 0.3) is 0 Å². The fourth-order valence-corrected chi connectivity index (χ4v) is 3.08. The molecule has 2 N–H and O–H groups in total. The molecule has 6 heteroatoms. The quantitative estimate of drug-likeness (QED) is 0.372. The molecule has 0 bridgehead atoms. The third-order valence-corrected chi connectivity index (χ3v) is 4.57. The van der Waals surface area contributed by atoms with Gasteiger partial charge in [-0.05, 0) is 70.3 Å². The lowest BCUT2D eigenvalue weighted by molar-refractivity contribution is -0.131.